The molecule has 0 saturated heterocycles. The third kappa shape index (κ3) is 4.41. The molecule has 2 aromatic rings. The van der Waals surface area contributed by atoms with E-state index in [4.69, 9.17) is 4.74 Å². The zero-order valence-electron chi connectivity index (χ0n) is 15.4. The molecule has 0 amide bonds. The standard InChI is InChI=1S/C19H23N3O3S/c1-14(19(13-20)26(23,24)21-9-10-25-4)15-5-6-17-12-18(22(2)3)8-7-16(17)11-15/h5-8,11-12,21H,9-10H2,1-4H3/b19-14+. The Balaban J connectivity index is 2.45. The number of nitrogens with zero attached hydrogens (tertiary/aromatic N) is 2. The van der Waals surface area contributed by atoms with Crippen LogP contribution in [-0.4, -0.2) is 42.8 Å². The summed E-state index contributed by atoms with van der Waals surface area (Å²) < 4.78 is 32.0. The Labute approximate surface area is 154 Å². The van der Waals surface area contributed by atoms with Gasteiger partial charge in [-0.15, -0.1) is 0 Å². The van der Waals surface area contributed by atoms with Crippen molar-refractivity contribution in [1.29, 1.82) is 5.26 Å². The summed E-state index contributed by atoms with van der Waals surface area (Å²) in [5.41, 5.74) is 2.19. The molecule has 2 rings (SSSR count). The number of fused-ring (bicyclic) bond motifs is 1. The predicted molar refractivity (Wildman–Crippen MR) is 105 cm³/mol. The number of nitrogens with one attached hydrogen (secondary N) is 1. The molecule has 2 aromatic carbocycles. The van der Waals surface area contributed by atoms with E-state index in [0.717, 1.165) is 16.5 Å². The van der Waals surface area contributed by atoms with E-state index in [9.17, 15) is 13.7 Å². The van der Waals surface area contributed by atoms with Crippen molar-refractivity contribution in [3.8, 4) is 6.07 Å². The molecule has 0 spiro atoms. The molecule has 0 aromatic heterocycles. The molecule has 7 heteroatoms. The van der Waals surface area contributed by atoms with E-state index in [1.54, 1.807) is 6.92 Å². The van der Waals surface area contributed by atoms with Crippen molar-refractivity contribution >= 4 is 32.1 Å². The molecule has 0 fully saturated rings. The smallest absolute Gasteiger partial charge is 0.251 e. The van der Waals surface area contributed by atoms with Gasteiger partial charge in [0.05, 0.1) is 6.61 Å². The number of hydrogen-bond donors (Lipinski definition) is 1. The van der Waals surface area contributed by atoms with Crippen LogP contribution in [-0.2, 0) is 14.8 Å². The summed E-state index contributed by atoms with van der Waals surface area (Å²) in [6, 6.07) is 13.5. The quantitative estimate of drug-likeness (QED) is 0.596. The van der Waals surface area contributed by atoms with Crippen LogP contribution in [0.1, 0.15) is 12.5 Å². The highest BCUT2D eigenvalue weighted by Crippen LogP contribution is 2.27. The van der Waals surface area contributed by atoms with Crippen LogP contribution in [0.2, 0.25) is 0 Å². The fourth-order valence-electron chi connectivity index (χ4n) is 2.57. The Kier molecular flexibility index (Phi) is 6.37. The highest BCUT2D eigenvalue weighted by molar-refractivity contribution is 7.93. The van der Waals surface area contributed by atoms with Gasteiger partial charge < -0.3 is 9.64 Å². The maximum atomic E-state index is 12.4. The number of rotatable bonds is 7. The average molecular weight is 373 g/mol. The van der Waals surface area contributed by atoms with Crippen LogP contribution in [0.25, 0.3) is 16.3 Å². The fraction of sp³-hybridized carbons (Fsp3) is 0.316. The topological polar surface area (TPSA) is 82.4 Å². The summed E-state index contributed by atoms with van der Waals surface area (Å²) in [6.45, 7) is 1.99. The van der Waals surface area contributed by atoms with Crippen LogP contribution in [0.3, 0.4) is 0 Å². The molecule has 6 nitrogen and oxygen atoms in total. The Morgan fingerprint density at radius 1 is 1.19 bits per heavy atom. The van der Waals surface area contributed by atoms with Gasteiger partial charge in [0.15, 0.2) is 4.91 Å². The molecule has 0 radical (unpaired) electrons. The van der Waals surface area contributed by atoms with Crippen LogP contribution >= 0.6 is 0 Å². The van der Waals surface area contributed by atoms with Crippen molar-refractivity contribution in [1.82, 2.24) is 4.72 Å². The highest BCUT2D eigenvalue weighted by Gasteiger charge is 2.20. The lowest BCUT2D eigenvalue weighted by Crippen LogP contribution is -2.28. The van der Waals surface area contributed by atoms with E-state index in [0.29, 0.717) is 11.1 Å². The van der Waals surface area contributed by atoms with Crippen LogP contribution in [0, 0.1) is 11.3 Å². The van der Waals surface area contributed by atoms with E-state index in [1.165, 1.54) is 7.11 Å². The Morgan fingerprint density at radius 3 is 2.46 bits per heavy atom. The second-order valence-electron chi connectivity index (χ2n) is 6.10. The maximum Gasteiger partial charge on any atom is 0.251 e. The monoisotopic (exact) mass is 373 g/mol. The highest BCUT2D eigenvalue weighted by atomic mass is 32.2. The number of sulfonamides is 1. The number of methoxy groups -OCH3 is 1. The maximum absolute atomic E-state index is 12.4. The number of hydrogen-bond acceptors (Lipinski definition) is 5. The van der Waals surface area contributed by atoms with Crippen LogP contribution in [0.15, 0.2) is 41.3 Å². The summed E-state index contributed by atoms with van der Waals surface area (Å²) >= 11 is 0. The number of anilines is 1. The summed E-state index contributed by atoms with van der Waals surface area (Å²) in [5.74, 6) is 0. The number of allylic oxidation sites excluding steroid dienone is 2. The molecule has 1 N–H and O–H groups in total. The van der Waals surface area contributed by atoms with Crippen molar-refractivity contribution < 1.29 is 13.2 Å². The minimum Gasteiger partial charge on any atom is -0.383 e. The summed E-state index contributed by atoms with van der Waals surface area (Å²) in [7, 11) is 1.55. The van der Waals surface area contributed by atoms with Gasteiger partial charge in [-0.2, -0.15) is 5.26 Å². The molecule has 0 aliphatic rings. The summed E-state index contributed by atoms with van der Waals surface area (Å²) in [5, 5.41) is 11.4. The Morgan fingerprint density at radius 2 is 1.85 bits per heavy atom. The van der Waals surface area contributed by atoms with Gasteiger partial charge in [-0.3, -0.25) is 0 Å². The van der Waals surface area contributed by atoms with Crippen molar-refractivity contribution in [3.63, 3.8) is 0 Å². The first-order chi connectivity index (χ1) is 12.3. The van der Waals surface area contributed by atoms with E-state index < -0.39 is 10.0 Å². The zero-order chi connectivity index (χ0) is 19.3. The second kappa shape index (κ2) is 8.32. The molecule has 0 atom stereocenters. The van der Waals surface area contributed by atoms with Crippen LogP contribution in [0.4, 0.5) is 5.69 Å². The molecule has 0 heterocycles. The van der Waals surface area contributed by atoms with Gasteiger partial charge in [0, 0.05) is 33.4 Å². The lowest BCUT2D eigenvalue weighted by Gasteiger charge is -2.14. The summed E-state index contributed by atoms with van der Waals surface area (Å²) in [6.07, 6.45) is 0. The van der Waals surface area contributed by atoms with Gasteiger partial charge in [-0.25, -0.2) is 13.1 Å². The number of nitriles is 1. The van der Waals surface area contributed by atoms with E-state index in [2.05, 4.69) is 10.8 Å². The SMILES string of the molecule is COCCNS(=O)(=O)/C(C#N)=C(\C)c1ccc2cc(N(C)C)ccc2c1. The first-order valence-corrected chi connectivity index (χ1v) is 9.59. The van der Waals surface area contributed by atoms with Crippen molar-refractivity contribution in [2.75, 3.05) is 39.3 Å². The molecular weight excluding hydrogens is 350 g/mol. The third-order valence-electron chi connectivity index (χ3n) is 4.08. The van der Waals surface area contributed by atoms with E-state index in [-0.39, 0.29) is 18.1 Å². The molecule has 0 aliphatic heterocycles. The Bertz CT molecular complexity index is 973. The van der Waals surface area contributed by atoms with E-state index in [1.807, 2.05) is 55.4 Å². The van der Waals surface area contributed by atoms with Gasteiger partial charge in [-0.05, 0) is 47.0 Å². The zero-order valence-corrected chi connectivity index (χ0v) is 16.2. The van der Waals surface area contributed by atoms with Crippen LogP contribution < -0.4 is 9.62 Å². The minimum atomic E-state index is -3.88. The lowest BCUT2D eigenvalue weighted by molar-refractivity contribution is 0.204. The van der Waals surface area contributed by atoms with Gasteiger partial charge >= 0.3 is 0 Å². The second-order valence-corrected chi connectivity index (χ2v) is 7.80. The first-order valence-electron chi connectivity index (χ1n) is 8.11. The van der Waals surface area contributed by atoms with Crippen molar-refractivity contribution in [2.24, 2.45) is 0 Å². The van der Waals surface area contributed by atoms with Crippen molar-refractivity contribution in [2.45, 2.75) is 6.92 Å². The Hall–Kier alpha value is -2.40. The molecule has 0 bridgehead atoms. The predicted octanol–water partition coefficient (Wildman–Crippen LogP) is 2.73. The average Bonchev–Trinajstić information content (AvgIpc) is 2.61. The van der Waals surface area contributed by atoms with E-state index >= 15 is 0 Å². The normalized spacial score (nSPS) is 12.6. The number of benzene rings is 2. The van der Waals surface area contributed by atoms with Gasteiger partial charge in [-0.1, -0.05) is 18.2 Å². The largest absolute Gasteiger partial charge is 0.383 e. The molecule has 0 unspecified atom stereocenters. The molecular formula is C19H23N3O3S. The summed E-state index contributed by atoms with van der Waals surface area (Å²) in [4.78, 5) is 1.74. The first kappa shape index (κ1) is 19.9. The number of ether oxygens (including phenoxy) is 1. The van der Waals surface area contributed by atoms with Crippen molar-refractivity contribution in [3.05, 3.63) is 46.9 Å². The minimum absolute atomic E-state index is 0.113. The molecule has 26 heavy (non-hydrogen) atoms. The fourth-order valence-corrected chi connectivity index (χ4v) is 3.71. The van der Waals surface area contributed by atoms with Gasteiger partial charge in [0.25, 0.3) is 10.0 Å². The molecule has 138 valence electrons. The van der Waals surface area contributed by atoms with Crippen LogP contribution in [0.5, 0.6) is 0 Å². The van der Waals surface area contributed by atoms with Gasteiger partial charge in [0.1, 0.15) is 6.07 Å². The van der Waals surface area contributed by atoms with Gasteiger partial charge in [0.2, 0.25) is 0 Å². The third-order valence-corrected chi connectivity index (χ3v) is 5.60. The lowest BCUT2D eigenvalue weighted by atomic mass is 10.0. The molecule has 0 aliphatic carbocycles. The molecule has 0 saturated carbocycles.